The highest BCUT2D eigenvalue weighted by atomic mass is 15.0. The Balaban J connectivity index is 1.27. The van der Waals surface area contributed by atoms with Gasteiger partial charge in [0.2, 0.25) is 0 Å². The van der Waals surface area contributed by atoms with Gasteiger partial charge < -0.3 is 9.13 Å². The lowest BCUT2D eigenvalue weighted by Crippen LogP contribution is -2.00. The maximum Gasteiger partial charge on any atom is 0.0541 e. The van der Waals surface area contributed by atoms with Crippen LogP contribution in [0.15, 0.2) is 207 Å². The molecule has 0 unspecified atom stereocenters. The molecule has 0 radical (unpaired) electrons. The summed E-state index contributed by atoms with van der Waals surface area (Å²) in [4.78, 5) is 0. The Morgan fingerprint density at radius 1 is 0.339 bits per heavy atom. The van der Waals surface area contributed by atoms with Gasteiger partial charge >= 0.3 is 0 Å². The summed E-state index contributed by atoms with van der Waals surface area (Å²) in [5.41, 5.74) is 18.4. The quantitative estimate of drug-likeness (QED) is 0.130. The minimum atomic E-state index is 1.09. The van der Waals surface area contributed by atoms with Crippen molar-refractivity contribution < 1.29 is 0 Å². The molecule has 296 valence electrons. The van der Waals surface area contributed by atoms with Gasteiger partial charge in [0.25, 0.3) is 0 Å². The summed E-state index contributed by atoms with van der Waals surface area (Å²) in [6.07, 6.45) is 12.5. The minimum Gasteiger partial charge on any atom is -0.309 e. The van der Waals surface area contributed by atoms with Crippen LogP contribution in [0, 0.1) is 0 Å². The Hall–Kier alpha value is -7.94. The van der Waals surface area contributed by atoms with E-state index in [4.69, 9.17) is 0 Å². The predicted octanol–water partition coefficient (Wildman–Crippen LogP) is 16.7. The summed E-state index contributed by atoms with van der Waals surface area (Å²) in [6, 6.07) is 66.3. The number of benzene rings is 8. The number of para-hydroxylation sites is 2. The number of hydrogen-bond donors (Lipinski definition) is 0. The van der Waals surface area contributed by atoms with Crippen molar-refractivity contribution in [2.24, 2.45) is 0 Å². The van der Waals surface area contributed by atoms with Gasteiger partial charge in [-0.2, -0.15) is 0 Å². The molecular weight excluding hydrogens is 749 g/mol. The average molecular weight is 795 g/mol. The van der Waals surface area contributed by atoms with Crippen molar-refractivity contribution in [2.75, 3.05) is 0 Å². The van der Waals surface area contributed by atoms with Crippen LogP contribution in [-0.4, -0.2) is 9.13 Å². The summed E-state index contributed by atoms with van der Waals surface area (Å²) in [7, 11) is 0. The first kappa shape index (κ1) is 38.3. The van der Waals surface area contributed by atoms with Gasteiger partial charge in [-0.1, -0.05) is 183 Å². The van der Waals surface area contributed by atoms with E-state index in [2.05, 4.69) is 242 Å². The topological polar surface area (TPSA) is 9.86 Å². The molecule has 0 fully saturated rings. The third-order valence-corrected chi connectivity index (χ3v) is 12.1. The van der Waals surface area contributed by atoms with Crippen LogP contribution in [0.2, 0.25) is 0 Å². The molecule has 0 bridgehead atoms. The van der Waals surface area contributed by atoms with Crippen molar-refractivity contribution in [3.63, 3.8) is 0 Å². The lowest BCUT2D eigenvalue weighted by Gasteiger charge is -2.24. The second kappa shape index (κ2) is 16.3. The first-order chi connectivity index (χ1) is 30.6. The van der Waals surface area contributed by atoms with Crippen LogP contribution in [0.5, 0.6) is 0 Å². The third-order valence-electron chi connectivity index (χ3n) is 12.1. The average Bonchev–Trinajstić information content (AvgIpc) is 3.82. The number of rotatable bonds is 10. The Morgan fingerprint density at radius 3 is 1.02 bits per heavy atom. The highest BCUT2D eigenvalue weighted by molar-refractivity contribution is 6.18. The number of nitrogens with zero attached hydrogens (tertiary/aromatic N) is 2. The zero-order valence-electron chi connectivity index (χ0n) is 35.1. The lowest BCUT2D eigenvalue weighted by atomic mass is 9.79. The fourth-order valence-electron chi connectivity index (χ4n) is 9.58. The van der Waals surface area contributed by atoms with Crippen LogP contribution in [0.1, 0.15) is 36.4 Å². The Kier molecular flexibility index (Phi) is 10.0. The van der Waals surface area contributed by atoms with E-state index < -0.39 is 0 Å². The van der Waals surface area contributed by atoms with E-state index in [1.54, 1.807) is 0 Å². The number of aromatic nitrogens is 2. The lowest BCUT2D eigenvalue weighted by molar-refractivity contribution is 1.10. The molecule has 0 saturated carbocycles. The van der Waals surface area contributed by atoms with Crippen molar-refractivity contribution in [2.45, 2.75) is 13.8 Å². The second-order valence-electron chi connectivity index (χ2n) is 15.6. The van der Waals surface area contributed by atoms with Crippen molar-refractivity contribution >= 4 is 56.9 Å². The van der Waals surface area contributed by atoms with E-state index in [0.29, 0.717) is 0 Å². The van der Waals surface area contributed by atoms with Gasteiger partial charge in [-0.3, -0.25) is 0 Å². The van der Waals surface area contributed by atoms with Crippen molar-refractivity contribution in [3.05, 3.63) is 230 Å². The van der Waals surface area contributed by atoms with Crippen molar-refractivity contribution in [1.29, 1.82) is 0 Å². The standard InChI is InChI=1S/C60H46N2/c1-5-21-53-47(7-3)49-27-17-19-31-55(49)61(53)45-37-33-43(34-38-45)59-57(41-23-11-9-12-24-41)51-29-15-16-30-52(51)58(42-25-13-10-14-26-42)60(59)44-35-39-46(40-36-44)62-54(22-6-2)48(8-4)50-28-18-20-32-56(50)62/h5-40H,3-4H2,1-2H3/b21-5-,22-6-. The summed E-state index contributed by atoms with van der Waals surface area (Å²) in [6.45, 7) is 12.6. The van der Waals surface area contributed by atoms with Gasteiger partial charge in [0, 0.05) is 33.3 Å². The molecular formula is C60H46N2. The molecule has 0 aliphatic rings. The molecule has 0 amide bonds. The fourth-order valence-corrected chi connectivity index (χ4v) is 9.58. The number of fused-ring (bicyclic) bond motifs is 3. The molecule has 2 aromatic heterocycles. The van der Waals surface area contributed by atoms with E-state index in [9.17, 15) is 0 Å². The molecule has 0 saturated heterocycles. The first-order valence-corrected chi connectivity index (χ1v) is 21.3. The fraction of sp³-hybridized carbons (Fsp3) is 0.0333. The van der Waals surface area contributed by atoms with Gasteiger partial charge in [-0.15, -0.1) is 0 Å². The van der Waals surface area contributed by atoms with Gasteiger partial charge in [0.15, 0.2) is 0 Å². The summed E-state index contributed by atoms with van der Waals surface area (Å²) in [5, 5.41) is 4.80. The molecule has 2 heteroatoms. The smallest absolute Gasteiger partial charge is 0.0541 e. The summed E-state index contributed by atoms with van der Waals surface area (Å²) in [5.74, 6) is 0. The third kappa shape index (κ3) is 6.28. The Bertz CT molecular complexity index is 3130. The number of hydrogen-bond acceptors (Lipinski definition) is 0. The molecule has 0 spiro atoms. The predicted molar refractivity (Wildman–Crippen MR) is 269 cm³/mol. The van der Waals surface area contributed by atoms with Crippen LogP contribution in [0.4, 0.5) is 0 Å². The highest BCUT2D eigenvalue weighted by Gasteiger charge is 2.25. The van der Waals surface area contributed by atoms with Crippen LogP contribution in [-0.2, 0) is 0 Å². The van der Waals surface area contributed by atoms with Gasteiger partial charge in [0.05, 0.1) is 22.4 Å². The zero-order valence-corrected chi connectivity index (χ0v) is 35.1. The van der Waals surface area contributed by atoms with Crippen LogP contribution < -0.4 is 0 Å². The molecule has 10 rings (SSSR count). The van der Waals surface area contributed by atoms with Crippen molar-refractivity contribution in [3.8, 4) is 55.9 Å². The Labute approximate surface area is 364 Å². The molecule has 10 aromatic rings. The summed E-state index contributed by atoms with van der Waals surface area (Å²) >= 11 is 0. The molecule has 0 aliphatic heterocycles. The largest absolute Gasteiger partial charge is 0.309 e. The Morgan fingerprint density at radius 2 is 0.661 bits per heavy atom. The van der Waals surface area contributed by atoms with Crippen LogP contribution in [0.3, 0.4) is 0 Å². The monoisotopic (exact) mass is 794 g/mol. The number of allylic oxidation sites excluding steroid dienone is 2. The van der Waals surface area contributed by atoms with Crippen LogP contribution >= 0.6 is 0 Å². The second-order valence-corrected chi connectivity index (χ2v) is 15.6. The van der Waals surface area contributed by atoms with Gasteiger partial charge in [0.1, 0.15) is 0 Å². The van der Waals surface area contributed by atoms with Crippen LogP contribution in [0.25, 0.3) is 113 Å². The maximum absolute atomic E-state index is 4.22. The van der Waals surface area contributed by atoms with E-state index in [1.807, 2.05) is 12.2 Å². The molecule has 0 aliphatic carbocycles. The SMILES string of the molecule is C=Cc1c(/C=C\C)n(-c2ccc(-c3c(-c4ccc(-n5c(/C=C\C)c(C=C)c6ccccc65)cc4)c(-c4ccccc4)c4ccccc4c3-c3ccccc3)cc2)c2ccccc12. The van der Waals surface area contributed by atoms with E-state index in [-0.39, 0.29) is 0 Å². The minimum absolute atomic E-state index is 1.09. The highest BCUT2D eigenvalue weighted by Crippen LogP contribution is 2.51. The molecule has 2 nitrogen and oxygen atoms in total. The van der Waals surface area contributed by atoms with Gasteiger partial charge in [-0.25, -0.2) is 0 Å². The molecule has 8 aromatic carbocycles. The van der Waals surface area contributed by atoms with Crippen molar-refractivity contribution in [1.82, 2.24) is 9.13 Å². The summed E-state index contributed by atoms with van der Waals surface area (Å²) < 4.78 is 4.71. The first-order valence-electron chi connectivity index (χ1n) is 21.3. The molecule has 0 atom stereocenters. The van der Waals surface area contributed by atoms with Gasteiger partial charge in [-0.05, 0) is 118 Å². The molecule has 62 heavy (non-hydrogen) atoms. The normalized spacial score (nSPS) is 11.7. The molecule has 0 N–H and O–H groups in total. The maximum atomic E-state index is 4.22. The zero-order chi connectivity index (χ0) is 42.2. The van der Waals surface area contributed by atoms with E-state index in [0.717, 1.165) is 56.0 Å². The van der Waals surface area contributed by atoms with E-state index >= 15 is 0 Å². The van der Waals surface area contributed by atoms with E-state index in [1.165, 1.54) is 54.9 Å². The molecule has 2 heterocycles.